The average Bonchev–Trinajstić information content (AvgIpc) is 3.39. The van der Waals surface area contributed by atoms with Crippen LogP contribution in [0.2, 0.25) is 0 Å². The van der Waals surface area contributed by atoms with Gasteiger partial charge >= 0.3 is 0 Å². The summed E-state index contributed by atoms with van der Waals surface area (Å²) in [5, 5.41) is 0. The van der Waals surface area contributed by atoms with Crippen molar-refractivity contribution in [3.8, 4) is 11.1 Å². The molecule has 1 saturated carbocycles. The highest BCUT2D eigenvalue weighted by Gasteiger charge is 2.43. The van der Waals surface area contributed by atoms with Gasteiger partial charge in [0.15, 0.2) is 0 Å². The minimum absolute atomic E-state index is 0.0438. The number of aldehydes is 1. The fourth-order valence-electron chi connectivity index (χ4n) is 6.14. The maximum Gasteiger partial charge on any atom is 0.150 e. The first-order valence-corrected chi connectivity index (χ1v) is 10.7. The molecule has 0 N–H and O–H groups in total. The molecule has 1 heterocycles. The summed E-state index contributed by atoms with van der Waals surface area (Å²) in [7, 11) is 0. The van der Waals surface area contributed by atoms with Crippen molar-refractivity contribution in [3.63, 3.8) is 0 Å². The van der Waals surface area contributed by atoms with Crippen molar-refractivity contribution in [3.05, 3.63) is 82.9 Å². The Morgan fingerprint density at radius 1 is 0.931 bits per heavy atom. The lowest BCUT2D eigenvalue weighted by Gasteiger charge is -2.28. The molecule has 2 heteroatoms. The second-order valence-corrected chi connectivity index (χ2v) is 9.31. The predicted octanol–water partition coefficient (Wildman–Crippen LogP) is 6.59. The zero-order valence-electron chi connectivity index (χ0n) is 17.0. The number of fused-ring (bicyclic) bond motifs is 6. The summed E-state index contributed by atoms with van der Waals surface area (Å²) < 4.78 is 0. The van der Waals surface area contributed by atoms with Gasteiger partial charge in [0, 0.05) is 34.3 Å². The zero-order chi connectivity index (χ0) is 19.8. The molecule has 1 fully saturated rings. The predicted molar refractivity (Wildman–Crippen MR) is 118 cm³/mol. The first-order chi connectivity index (χ1) is 14.1. The molecule has 144 valence electrons. The van der Waals surface area contributed by atoms with Crippen molar-refractivity contribution in [2.24, 2.45) is 0 Å². The first-order valence-electron chi connectivity index (χ1n) is 10.7. The third-order valence-electron chi connectivity index (χ3n) is 7.50. The number of carbonyl (C=O) groups excluding carboxylic acids is 1. The zero-order valence-corrected chi connectivity index (χ0v) is 17.0. The maximum atomic E-state index is 11.3. The van der Waals surface area contributed by atoms with E-state index in [4.69, 9.17) is 0 Å². The number of hydrogen-bond donors (Lipinski definition) is 0. The van der Waals surface area contributed by atoms with Crippen molar-refractivity contribution >= 4 is 17.7 Å². The van der Waals surface area contributed by atoms with E-state index in [1.807, 2.05) is 6.07 Å². The summed E-state index contributed by atoms with van der Waals surface area (Å²) in [4.78, 5) is 13.9. The summed E-state index contributed by atoms with van der Waals surface area (Å²) in [5.74, 6) is 0.543. The molecule has 3 aliphatic rings. The molecule has 3 aromatic carbocycles. The lowest BCUT2D eigenvalue weighted by Crippen LogP contribution is -2.26. The van der Waals surface area contributed by atoms with Gasteiger partial charge in [-0.15, -0.1) is 0 Å². The largest absolute Gasteiger partial charge is 0.337 e. The minimum atomic E-state index is 0.0438. The Morgan fingerprint density at radius 2 is 1.76 bits per heavy atom. The van der Waals surface area contributed by atoms with Crippen LogP contribution >= 0.6 is 0 Å². The number of anilines is 2. The third kappa shape index (κ3) is 2.20. The van der Waals surface area contributed by atoms with Crippen LogP contribution in [0, 0.1) is 0 Å². The van der Waals surface area contributed by atoms with Gasteiger partial charge in [-0.05, 0) is 71.0 Å². The van der Waals surface area contributed by atoms with E-state index in [0.29, 0.717) is 12.0 Å². The van der Waals surface area contributed by atoms with E-state index in [-0.39, 0.29) is 5.41 Å². The van der Waals surface area contributed by atoms with E-state index in [9.17, 15) is 4.79 Å². The Hall–Kier alpha value is -2.87. The second-order valence-electron chi connectivity index (χ2n) is 9.31. The van der Waals surface area contributed by atoms with Crippen molar-refractivity contribution in [2.75, 3.05) is 4.90 Å². The van der Waals surface area contributed by atoms with Gasteiger partial charge in [0.2, 0.25) is 0 Å². The molecule has 0 bridgehead atoms. The molecule has 29 heavy (non-hydrogen) atoms. The molecule has 0 radical (unpaired) electrons. The molecule has 0 amide bonds. The molecule has 0 spiro atoms. The Morgan fingerprint density at radius 3 is 2.62 bits per heavy atom. The van der Waals surface area contributed by atoms with E-state index < -0.39 is 0 Å². The quantitative estimate of drug-likeness (QED) is 0.468. The molecule has 2 aliphatic carbocycles. The molecule has 2 unspecified atom stereocenters. The van der Waals surface area contributed by atoms with E-state index in [1.54, 1.807) is 0 Å². The fourth-order valence-corrected chi connectivity index (χ4v) is 6.14. The SMILES string of the molecule is CC1(C)c2ccccc2-c2cc(N3c4ccc(C=O)cc4C4CCCC43)ccc21. The Balaban J connectivity index is 1.53. The summed E-state index contributed by atoms with van der Waals surface area (Å²) in [6, 6.07) is 22.6. The number of rotatable bonds is 2. The maximum absolute atomic E-state index is 11.3. The smallest absolute Gasteiger partial charge is 0.150 e. The normalized spacial score (nSPS) is 22.8. The van der Waals surface area contributed by atoms with Gasteiger partial charge in [-0.1, -0.05) is 50.6 Å². The highest BCUT2D eigenvalue weighted by Crippen LogP contribution is 2.54. The van der Waals surface area contributed by atoms with Gasteiger partial charge in [0.05, 0.1) is 0 Å². The fraction of sp³-hybridized carbons (Fsp3) is 0.296. The van der Waals surface area contributed by atoms with Crippen molar-refractivity contribution in [1.29, 1.82) is 0 Å². The van der Waals surface area contributed by atoms with Crippen LogP contribution in [0.25, 0.3) is 11.1 Å². The highest BCUT2D eigenvalue weighted by atomic mass is 16.1. The van der Waals surface area contributed by atoms with Crippen LogP contribution in [0.4, 0.5) is 11.4 Å². The standard InChI is InChI=1S/C27H25NO/c1-27(2)23-8-4-3-6-19(23)21-15-18(11-12-24(21)27)28-25-9-5-7-20(25)22-14-17(16-29)10-13-26(22)28/h3-4,6,8,10-16,20,25H,5,7,9H2,1-2H3. The lowest BCUT2D eigenvalue weighted by atomic mass is 9.82. The van der Waals surface area contributed by atoms with E-state index in [0.717, 1.165) is 11.8 Å². The molecule has 2 atom stereocenters. The Bertz CT molecular complexity index is 1160. The molecular weight excluding hydrogens is 354 g/mol. The summed E-state index contributed by atoms with van der Waals surface area (Å²) in [6.07, 6.45) is 4.67. The highest BCUT2D eigenvalue weighted by molar-refractivity contribution is 5.86. The molecule has 6 rings (SSSR count). The third-order valence-corrected chi connectivity index (χ3v) is 7.50. The van der Waals surface area contributed by atoms with Crippen LogP contribution in [0.5, 0.6) is 0 Å². The lowest BCUT2D eigenvalue weighted by molar-refractivity contribution is 0.112. The topological polar surface area (TPSA) is 20.3 Å². The average molecular weight is 380 g/mol. The van der Waals surface area contributed by atoms with Gasteiger partial charge in [-0.3, -0.25) is 4.79 Å². The van der Waals surface area contributed by atoms with E-state index in [2.05, 4.69) is 73.3 Å². The molecular formula is C27H25NO. The summed E-state index contributed by atoms with van der Waals surface area (Å²) >= 11 is 0. The van der Waals surface area contributed by atoms with Gasteiger partial charge < -0.3 is 4.90 Å². The minimum Gasteiger partial charge on any atom is -0.337 e. The molecule has 2 nitrogen and oxygen atoms in total. The van der Waals surface area contributed by atoms with E-state index >= 15 is 0 Å². The van der Waals surface area contributed by atoms with E-state index in [1.165, 1.54) is 58.5 Å². The summed E-state index contributed by atoms with van der Waals surface area (Å²) in [5.41, 5.74) is 10.3. The first kappa shape index (κ1) is 17.0. The monoisotopic (exact) mass is 379 g/mol. The molecule has 0 aromatic heterocycles. The van der Waals surface area contributed by atoms with Crippen LogP contribution in [-0.4, -0.2) is 12.3 Å². The molecule has 3 aromatic rings. The Kier molecular flexibility index (Phi) is 3.42. The number of benzene rings is 3. The van der Waals surface area contributed by atoms with Crippen LogP contribution in [-0.2, 0) is 5.41 Å². The van der Waals surface area contributed by atoms with Crippen LogP contribution in [0.15, 0.2) is 60.7 Å². The van der Waals surface area contributed by atoms with Crippen LogP contribution < -0.4 is 4.90 Å². The van der Waals surface area contributed by atoms with Crippen LogP contribution in [0.1, 0.15) is 66.1 Å². The Labute approximate surface area is 172 Å². The molecule has 1 aliphatic heterocycles. The number of nitrogens with zero attached hydrogens (tertiary/aromatic N) is 1. The van der Waals surface area contributed by atoms with Gasteiger partial charge in [-0.25, -0.2) is 0 Å². The second kappa shape index (κ2) is 5.82. The van der Waals surface area contributed by atoms with Crippen molar-refractivity contribution in [2.45, 2.75) is 50.5 Å². The van der Waals surface area contributed by atoms with Crippen LogP contribution in [0.3, 0.4) is 0 Å². The van der Waals surface area contributed by atoms with Crippen molar-refractivity contribution < 1.29 is 4.79 Å². The van der Waals surface area contributed by atoms with Gasteiger partial charge in [0.25, 0.3) is 0 Å². The van der Waals surface area contributed by atoms with Gasteiger partial charge in [0.1, 0.15) is 6.29 Å². The van der Waals surface area contributed by atoms with Gasteiger partial charge in [-0.2, -0.15) is 0 Å². The summed E-state index contributed by atoms with van der Waals surface area (Å²) in [6.45, 7) is 4.66. The molecule has 0 saturated heterocycles. The van der Waals surface area contributed by atoms with Crippen molar-refractivity contribution in [1.82, 2.24) is 0 Å². The number of carbonyl (C=O) groups is 1. The number of hydrogen-bond acceptors (Lipinski definition) is 2.